The van der Waals surface area contributed by atoms with Crippen LogP contribution in [0, 0.1) is 5.92 Å². The number of imidazole rings is 1. The number of hydrogen-bond donors (Lipinski definition) is 2. The molecule has 1 saturated carbocycles. The lowest BCUT2D eigenvalue weighted by Gasteiger charge is -2.09. The van der Waals surface area contributed by atoms with Gasteiger partial charge in [-0.05, 0) is 60.7 Å². The summed E-state index contributed by atoms with van der Waals surface area (Å²) in [6.45, 7) is 1.15. The molecular formula is C24H23N5O2. The number of para-hydroxylation sites is 2. The molecule has 0 unspecified atom stereocenters. The fourth-order valence-corrected chi connectivity index (χ4v) is 3.77. The van der Waals surface area contributed by atoms with Gasteiger partial charge in [0.25, 0.3) is 5.91 Å². The van der Waals surface area contributed by atoms with Crippen LogP contribution < -0.4 is 16.7 Å². The number of nitrogen functional groups attached to an aromatic ring is 1. The van der Waals surface area contributed by atoms with E-state index in [0.717, 1.165) is 17.6 Å². The number of hydrogen-bond acceptors (Lipinski definition) is 4. The fraction of sp³-hybridized carbons (Fsp3) is 0.208. The number of anilines is 2. The predicted molar refractivity (Wildman–Crippen MR) is 121 cm³/mol. The van der Waals surface area contributed by atoms with Crippen molar-refractivity contribution in [2.45, 2.75) is 25.9 Å². The molecule has 0 saturated heterocycles. The van der Waals surface area contributed by atoms with E-state index in [1.807, 2.05) is 41.0 Å². The third kappa shape index (κ3) is 3.82. The molecule has 0 atom stereocenters. The van der Waals surface area contributed by atoms with Crippen LogP contribution in [0.25, 0.3) is 11.2 Å². The van der Waals surface area contributed by atoms with Gasteiger partial charge in [0.05, 0.1) is 23.4 Å². The van der Waals surface area contributed by atoms with Gasteiger partial charge in [-0.15, -0.1) is 0 Å². The van der Waals surface area contributed by atoms with Gasteiger partial charge in [-0.3, -0.25) is 13.9 Å². The number of pyridine rings is 1. The minimum atomic E-state index is -0.232. The van der Waals surface area contributed by atoms with Crippen LogP contribution in [0.2, 0.25) is 0 Å². The van der Waals surface area contributed by atoms with Crippen molar-refractivity contribution in [3.05, 3.63) is 88.5 Å². The molecule has 156 valence electrons. The molecular weight excluding hydrogens is 390 g/mol. The highest BCUT2D eigenvalue weighted by atomic mass is 16.2. The normalized spacial score (nSPS) is 13.4. The van der Waals surface area contributed by atoms with Gasteiger partial charge in [-0.2, -0.15) is 0 Å². The number of fused-ring (bicyclic) bond motifs is 1. The van der Waals surface area contributed by atoms with E-state index >= 15 is 0 Å². The number of carbonyl (C=O) groups is 1. The second-order valence-electron chi connectivity index (χ2n) is 8.01. The van der Waals surface area contributed by atoms with Crippen molar-refractivity contribution in [2.75, 3.05) is 11.1 Å². The summed E-state index contributed by atoms with van der Waals surface area (Å²) >= 11 is 0. The Morgan fingerprint density at radius 2 is 1.81 bits per heavy atom. The zero-order chi connectivity index (χ0) is 21.4. The Labute approximate surface area is 179 Å². The molecule has 4 aromatic rings. The van der Waals surface area contributed by atoms with Gasteiger partial charge < -0.3 is 11.1 Å². The summed E-state index contributed by atoms with van der Waals surface area (Å²) in [7, 11) is 0. The molecule has 2 aromatic carbocycles. The predicted octanol–water partition coefficient (Wildman–Crippen LogP) is 3.49. The van der Waals surface area contributed by atoms with Gasteiger partial charge >= 0.3 is 5.69 Å². The van der Waals surface area contributed by atoms with E-state index in [1.165, 1.54) is 12.8 Å². The van der Waals surface area contributed by atoms with Gasteiger partial charge in [-0.25, -0.2) is 9.78 Å². The van der Waals surface area contributed by atoms with Crippen LogP contribution in [0.15, 0.2) is 71.7 Å². The van der Waals surface area contributed by atoms with Crippen molar-refractivity contribution in [2.24, 2.45) is 5.92 Å². The smallest absolute Gasteiger partial charge is 0.330 e. The summed E-state index contributed by atoms with van der Waals surface area (Å²) in [5.74, 6) is 0.359. The summed E-state index contributed by atoms with van der Waals surface area (Å²) in [6.07, 6.45) is 4.07. The van der Waals surface area contributed by atoms with E-state index in [-0.39, 0.29) is 11.6 Å². The Kier molecular flexibility index (Phi) is 4.78. The molecule has 31 heavy (non-hydrogen) atoms. The van der Waals surface area contributed by atoms with Crippen LogP contribution in [0.5, 0.6) is 0 Å². The largest absolute Gasteiger partial charge is 0.397 e. The quantitative estimate of drug-likeness (QED) is 0.473. The van der Waals surface area contributed by atoms with Crippen LogP contribution in [0.4, 0.5) is 11.4 Å². The van der Waals surface area contributed by atoms with Crippen LogP contribution in [0.3, 0.4) is 0 Å². The minimum absolute atomic E-state index is 0.0398. The molecule has 0 spiro atoms. The van der Waals surface area contributed by atoms with Crippen molar-refractivity contribution < 1.29 is 4.79 Å². The highest BCUT2D eigenvalue weighted by Gasteiger charge is 2.25. The topological polar surface area (TPSA) is 94.9 Å². The molecule has 0 bridgehead atoms. The summed E-state index contributed by atoms with van der Waals surface area (Å²) < 4.78 is 3.55. The second-order valence-corrected chi connectivity index (χ2v) is 8.01. The number of nitrogens with zero attached hydrogens (tertiary/aromatic N) is 3. The standard InChI is InChI=1S/C24H23N5O2/c25-19-4-1-2-5-20(19)27-23(30)18-11-9-17(10-12-18)15-29-22-21(6-3-13-26-22)28(24(29)31)14-16-7-8-16/h1-6,9-13,16H,7-8,14-15,25H2,(H,27,30). The number of aromatic nitrogens is 3. The monoisotopic (exact) mass is 413 g/mol. The molecule has 3 N–H and O–H groups in total. The van der Waals surface area contributed by atoms with Crippen LogP contribution in [-0.4, -0.2) is 20.0 Å². The molecule has 1 amide bonds. The van der Waals surface area contributed by atoms with Crippen LogP contribution >= 0.6 is 0 Å². The lowest BCUT2D eigenvalue weighted by molar-refractivity contribution is 0.102. The van der Waals surface area contributed by atoms with Crippen LogP contribution in [0.1, 0.15) is 28.8 Å². The fourth-order valence-electron chi connectivity index (χ4n) is 3.77. The Hall–Kier alpha value is -3.87. The number of carbonyl (C=O) groups excluding carboxylic acids is 1. The van der Waals surface area contributed by atoms with Gasteiger partial charge in [0.2, 0.25) is 0 Å². The molecule has 7 nitrogen and oxygen atoms in total. The van der Waals surface area contributed by atoms with Crippen molar-refractivity contribution in [3.8, 4) is 0 Å². The first-order chi connectivity index (χ1) is 15.1. The lowest BCUT2D eigenvalue weighted by Crippen LogP contribution is -2.25. The van der Waals surface area contributed by atoms with E-state index in [2.05, 4.69) is 10.3 Å². The first kappa shape index (κ1) is 19.1. The Morgan fingerprint density at radius 1 is 1.03 bits per heavy atom. The maximum atomic E-state index is 13.1. The Morgan fingerprint density at radius 3 is 2.55 bits per heavy atom. The van der Waals surface area contributed by atoms with Gasteiger partial charge in [0.1, 0.15) is 0 Å². The SMILES string of the molecule is Nc1ccccc1NC(=O)c1ccc(Cn2c(=O)n(CC3CC3)c3cccnc32)cc1. The first-order valence-electron chi connectivity index (χ1n) is 10.4. The molecule has 7 heteroatoms. The van der Waals surface area contributed by atoms with E-state index in [4.69, 9.17) is 5.73 Å². The summed E-state index contributed by atoms with van der Waals surface area (Å²) in [6, 6.07) is 18.2. The Balaban J connectivity index is 1.38. The zero-order valence-electron chi connectivity index (χ0n) is 17.0. The average Bonchev–Trinajstić information content (AvgIpc) is 3.57. The summed E-state index contributed by atoms with van der Waals surface area (Å²) in [4.78, 5) is 30.1. The number of nitrogens with one attached hydrogen (secondary N) is 1. The van der Waals surface area contributed by atoms with Crippen molar-refractivity contribution in [1.82, 2.24) is 14.1 Å². The third-order valence-corrected chi connectivity index (χ3v) is 5.68. The molecule has 1 aliphatic rings. The lowest BCUT2D eigenvalue weighted by atomic mass is 10.1. The minimum Gasteiger partial charge on any atom is -0.397 e. The number of nitrogens with two attached hydrogens (primary N) is 1. The van der Waals surface area contributed by atoms with Gasteiger partial charge in [0, 0.05) is 18.3 Å². The zero-order valence-corrected chi connectivity index (χ0v) is 17.0. The third-order valence-electron chi connectivity index (χ3n) is 5.68. The molecule has 1 fully saturated rings. The van der Waals surface area contributed by atoms with E-state index in [1.54, 1.807) is 35.0 Å². The van der Waals surface area contributed by atoms with Gasteiger partial charge in [0.15, 0.2) is 5.65 Å². The molecule has 2 aromatic heterocycles. The molecule has 1 aliphatic carbocycles. The number of benzene rings is 2. The van der Waals surface area contributed by atoms with E-state index in [9.17, 15) is 9.59 Å². The van der Waals surface area contributed by atoms with Gasteiger partial charge in [-0.1, -0.05) is 24.3 Å². The highest BCUT2D eigenvalue weighted by Crippen LogP contribution is 2.31. The molecule has 2 heterocycles. The van der Waals surface area contributed by atoms with Crippen LogP contribution in [-0.2, 0) is 13.1 Å². The highest BCUT2D eigenvalue weighted by molar-refractivity contribution is 6.05. The maximum absolute atomic E-state index is 13.1. The molecule has 5 rings (SSSR count). The maximum Gasteiger partial charge on any atom is 0.330 e. The number of amides is 1. The summed E-state index contributed by atoms with van der Waals surface area (Å²) in [5, 5.41) is 2.82. The first-order valence-corrected chi connectivity index (χ1v) is 10.4. The van der Waals surface area contributed by atoms with E-state index < -0.39 is 0 Å². The van der Waals surface area contributed by atoms with Crippen molar-refractivity contribution >= 4 is 28.4 Å². The second kappa shape index (κ2) is 7.75. The Bertz CT molecular complexity index is 1320. The van der Waals surface area contributed by atoms with Crippen molar-refractivity contribution in [1.29, 1.82) is 0 Å². The molecule has 0 radical (unpaired) electrons. The molecule has 0 aliphatic heterocycles. The number of rotatable bonds is 6. The summed E-state index contributed by atoms with van der Waals surface area (Å²) in [5.41, 5.74) is 9.96. The van der Waals surface area contributed by atoms with E-state index in [0.29, 0.717) is 35.0 Å². The average molecular weight is 413 g/mol. The van der Waals surface area contributed by atoms with Crippen molar-refractivity contribution in [3.63, 3.8) is 0 Å².